The largest absolute Gasteiger partial charge is 0.356 e. The van der Waals surface area contributed by atoms with E-state index >= 15 is 0 Å². The predicted molar refractivity (Wildman–Crippen MR) is 87.2 cm³/mol. The number of piperidine rings is 1. The SMILES string of the molecule is O=C(NCCCS(=O)(=O)Cc1ccccc1)C1CCNCC1. The lowest BCUT2D eigenvalue weighted by atomic mass is 9.97. The number of sulfone groups is 1. The molecule has 1 aliphatic rings. The van der Waals surface area contributed by atoms with Crippen LogP contribution < -0.4 is 10.6 Å². The first-order valence-electron chi connectivity index (χ1n) is 7.79. The fourth-order valence-corrected chi connectivity index (χ4v) is 4.06. The number of rotatable bonds is 7. The van der Waals surface area contributed by atoms with Gasteiger partial charge in [0.15, 0.2) is 9.84 Å². The molecular weight excluding hydrogens is 300 g/mol. The van der Waals surface area contributed by atoms with Crippen LogP contribution in [0.4, 0.5) is 0 Å². The molecule has 6 heteroatoms. The van der Waals surface area contributed by atoms with E-state index in [0.29, 0.717) is 13.0 Å². The Morgan fingerprint density at radius 1 is 1.18 bits per heavy atom. The first kappa shape index (κ1) is 17.0. The molecule has 0 aromatic heterocycles. The normalized spacial score (nSPS) is 16.4. The Morgan fingerprint density at radius 3 is 2.55 bits per heavy atom. The van der Waals surface area contributed by atoms with Crippen molar-refractivity contribution in [3.63, 3.8) is 0 Å². The molecule has 122 valence electrons. The lowest BCUT2D eigenvalue weighted by Crippen LogP contribution is -2.38. The van der Waals surface area contributed by atoms with Crippen LogP contribution in [0.2, 0.25) is 0 Å². The van der Waals surface area contributed by atoms with Crippen LogP contribution in [0.1, 0.15) is 24.8 Å². The molecule has 0 aliphatic carbocycles. The molecule has 2 N–H and O–H groups in total. The minimum Gasteiger partial charge on any atom is -0.356 e. The number of carbonyl (C=O) groups excluding carboxylic acids is 1. The number of carbonyl (C=O) groups is 1. The smallest absolute Gasteiger partial charge is 0.223 e. The van der Waals surface area contributed by atoms with Gasteiger partial charge in [-0.15, -0.1) is 0 Å². The fraction of sp³-hybridized carbons (Fsp3) is 0.562. The first-order valence-corrected chi connectivity index (χ1v) is 9.62. The predicted octanol–water partition coefficient (Wildman–Crippen LogP) is 1.11. The van der Waals surface area contributed by atoms with Crippen molar-refractivity contribution >= 4 is 15.7 Å². The van der Waals surface area contributed by atoms with Crippen molar-refractivity contribution in [1.82, 2.24) is 10.6 Å². The molecule has 2 rings (SSSR count). The van der Waals surface area contributed by atoms with E-state index in [1.165, 1.54) is 0 Å². The summed E-state index contributed by atoms with van der Waals surface area (Å²) in [6, 6.07) is 9.17. The summed E-state index contributed by atoms with van der Waals surface area (Å²) in [6.07, 6.45) is 2.18. The Hall–Kier alpha value is -1.40. The van der Waals surface area contributed by atoms with Gasteiger partial charge in [0.1, 0.15) is 0 Å². The zero-order chi connectivity index (χ0) is 15.8. The zero-order valence-corrected chi connectivity index (χ0v) is 13.6. The second-order valence-corrected chi connectivity index (χ2v) is 7.93. The summed E-state index contributed by atoms with van der Waals surface area (Å²) in [5.41, 5.74) is 0.807. The molecule has 1 aliphatic heterocycles. The average Bonchev–Trinajstić information content (AvgIpc) is 2.53. The molecule has 0 atom stereocenters. The number of hydrogen-bond acceptors (Lipinski definition) is 4. The van der Waals surface area contributed by atoms with Gasteiger partial charge in [-0.1, -0.05) is 30.3 Å². The third-order valence-corrected chi connectivity index (χ3v) is 5.55. The van der Waals surface area contributed by atoms with E-state index in [9.17, 15) is 13.2 Å². The van der Waals surface area contributed by atoms with E-state index in [0.717, 1.165) is 31.5 Å². The van der Waals surface area contributed by atoms with Crippen LogP contribution in [0, 0.1) is 5.92 Å². The van der Waals surface area contributed by atoms with Crippen LogP contribution in [-0.4, -0.2) is 39.7 Å². The minimum absolute atomic E-state index is 0.0574. The Morgan fingerprint density at radius 2 is 1.86 bits per heavy atom. The van der Waals surface area contributed by atoms with E-state index in [2.05, 4.69) is 10.6 Å². The van der Waals surface area contributed by atoms with Crippen LogP contribution in [0.25, 0.3) is 0 Å². The number of hydrogen-bond donors (Lipinski definition) is 2. The van der Waals surface area contributed by atoms with Gasteiger partial charge >= 0.3 is 0 Å². The molecule has 1 saturated heterocycles. The van der Waals surface area contributed by atoms with E-state index in [4.69, 9.17) is 0 Å². The number of nitrogens with one attached hydrogen (secondary N) is 2. The molecule has 1 heterocycles. The van der Waals surface area contributed by atoms with Crippen LogP contribution in [0.15, 0.2) is 30.3 Å². The second kappa shape index (κ2) is 8.29. The third-order valence-electron chi connectivity index (χ3n) is 3.87. The molecule has 0 radical (unpaired) electrons. The Kier molecular flexibility index (Phi) is 6.39. The van der Waals surface area contributed by atoms with E-state index in [1.807, 2.05) is 30.3 Å². The van der Waals surface area contributed by atoms with Gasteiger partial charge in [-0.05, 0) is 37.9 Å². The Bertz CT molecular complexity index is 566. The third kappa shape index (κ3) is 5.77. The average molecular weight is 324 g/mol. The summed E-state index contributed by atoms with van der Waals surface area (Å²) in [6.45, 7) is 2.18. The maximum absolute atomic E-state index is 12.0. The monoisotopic (exact) mass is 324 g/mol. The van der Waals surface area contributed by atoms with Crippen LogP contribution in [-0.2, 0) is 20.4 Å². The van der Waals surface area contributed by atoms with E-state index in [1.54, 1.807) is 0 Å². The Balaban J connectivity index is 1.68. The van der Waals surface area contributed by atoms with Crippen molar-refractivity contribution in [3.8, 4) is 0 Å². The van der Waals surface area contributed by atoms with Crippen LogP contribution in [0.5, 0.6) is 0 Å². The molecule has 0 saturated carbocycles. The highest BCUT2D eigenvalue weighted by molar-refractivity contribution is 7.90. The maximum Gasteiger partial charge on any atom is 0.223 e. The summed E-state index contributed by atoms with van der Waals surface area (Å²) in [4.78, 5) is 11.9. The van der Waals surface area contributed by atoms with E-state index in [-0.39, 0.29) is 23.3 Å². The van der Waals surface area contributed by atoms with Crippen molar-refractivity contribution < 1.29 is 13.2 Å². The van der Waals surface area contributed by atoms with Gasteiger partial charge in [-0.3, -0.25) is 4.79 Å². The van der Waals surface area contributed by atoms with Crippen molar-refractivity contribution in [1.29, 1.82) is 0 Å². The molecule has 1 aromatic carbocycles. The molecular formula is C16H24N2O3S. The second-order valence-electron chi connectivity index (χ2n) is 5.75. The van der Waals surface area contributed by atoms with Crippen molar-refractivity contribution in [2.75, 3.05) is 25.4 Å². The first-order chi connectivity index (χ1) is 10.6. The fourth-order valence-electron chi connectivity index (χ4n) is 2.63. The summed E-state index contributed by atoms with van der Waals surface area (Å²) < 4.78 is 24.1. The zero-order valence-electron chi connectivity index (χ0n) is 12.8. The molecule has 1 amide bonds. The summed E-state index contributed by atoms with van der Waals surface area (Å²) >= 11 is 0. The van der Waals surface area contributed by atoms with Crippen LogP contribution >= 0.6 is 0 Å². The number of benzene rings is 1. The van der Waals surface area contributed by atoms with Gasteiger partial charge in [0.2, 0.25) is 5.91 Å². The highest BCUT2D eigenvalue weighted by atomic mass is 32.2. The molecule has 1 fully saturated rings. The van der Waals surface area contributed by atoms with Gasteiger partial charge in [0, 0.05) is 12.5 Å². The molecule has 0 bridgehead atoms. The van der Waals surface area contributed by atoms with Crippen molar-refractivity contribution in [2.45, 2.75) is 25.0 Å². The van der Waals surface area contributed by atoms with Gasteiger partial charge in [-0.25, -0.2) is 8.42 Å². The van der Waals surface area contributed by atoms with Crippen molar-refractivity contribution in [3.05, 3.63) is 35.9 Å². The van der Waals surface area contributed by atoms with Gasteiger partial charge in [-0.2, -0.15) is 0 Å². The molecule has 5 nitrogen and oxygen atoms in total. The highest BCUT2D eigenvalue weighted by Gasteiger charge is 2.20. The maximum atomic E-state index is 12.0. The standard InChI is InChI=1S/C16H24N2O3S/c19-16(15-7-10-17-11-8-15)18-9-4-12-22(20,21)13-14-5-2-1-3-6-14/h1-3,5-6,15,17H,4,7-13H2,(H,18,19). The van der Waals surface area contributed by atoms with Gasteiger partial charge < -0.3 is 10.6 Å². The quantitative estimate of drug-likeness (QED) is 0.737. The summed E-state index contributed by atoms with van der Waals surface area (Å²) in [7, 11) is -3.12. The highest BCUT2D eigenvalue weighted by Crippen LogP contribution is 2.11. The van der Waals surface area contributed by atoms with Gasteiger partial charge in [0.05, 0.1) is 11.5 Å². The van der Waals surface area contributed by atoms with Crippen LogP contribution in [0.3, 0.4) is 0 Å². The summed E-state index contributed by atoms with van der Waals surface area (Å²) in [5, 5.41) is 6.08. The lowest BCUT2D eigenvalue weighted by Gasteiger charge is -2.21. The van der Waals surface area contributed by atoms with Crippen molar-refractivity contribution in [2.24, 2.45) is 5.92 Å². The minimum atomic E-state index is -3.12. The Labute approximate surface area is 132 Å². The lowest BCUT2D eigenvalue weighted by molar-refractivity contribution is -0.125. The van der Waals surface area contributed by atoms with E-state index < -0.39 is 9.84 Å². The molecule has 1 aromatic rings. The molecule has 22 heavy (non-hydrogen) atoms. The molecule has 0 unspecified atom stereocenters. The summed E-state index contributed by atoms with van der Waals surface area (Å²) in [5.74, 6) is 0.300. The topological polar surface area (TPSA) is 75.3 Å². The molecule has 0 spiro atoms. The van der Waals surface area contributed by atoms with Gasteiger partial charge in [0.25, 0.3) is 0 Å². The number of amides is 1.